The van der Waals surface area contributed by atoms with E-state index in [1.54, 1.807) is 4.68 Å². The maximum absolute atomic E-state index is 12.5. The van der Waals surface area contributed by atoms with E-state index in [0.717, 1.165) is 50.9 Å². The van der Waals surface area contributed by atoms with E-state index in [9.17, 15) is 4.79 Å². The van der Waals surface area contributed by atoms with Crippen molar-refractivity contribution in [3.8, 4) is 0 Å². The fourth-order valence-electron chi connectivity index (χ4n) is 5.22. The van der Waals surface area contributed by atoms with Gasteiger partial charge in [-0.2, -0.15) is 10.2 Å². The Kier molecular flexibility index (Phi) is 4.38. The Labute approximate surface area is 160 Å². The molecule has 0 bridgehead atoms. The second-order valence-electron chi connectivity index (χ2n) is 8.46. The lowest BCUT2D eigenvalue weighted by atomic mass is 9.95. The van der Waals surface area contributed by atoms with Crippen LogP contribution in [0, 0.1) is 0 Å². The van der Waals surface area contributed by atoms with E-state index >= 15 is 0 Å². The van der Waals surface area contributed by atoms with Crippen LogP contribution in [0.2, 0.25) is 0 Å². The van der Waals surface area contributed by atoms with Gasteiger partial charge in [0, 0.05) is 25.7 Å². The molecular formula is C21H29N5O. The van der Waals surface area contributed by atoms with E-state index < -0.39 is 0 Å². The Bertz CT molecular complexity index is 912. The van der Waals surface area contributed by atoms with Gasteiger partial charge in [0.1, 0.15) is 0 Å². The van der Waals surface area contributed by atoms with E-state index in [2.05, 4.69) is 16.6 Å². The van der Waals surface area contributed by atoms with Crippen LogP contribution in [-0.4, -0.2) is 37.0 Å². The molecule has 2 aliphatic carbocycles. The Morgan fingerprint density at radius 2 is 1.89 bits per heavy atom. The van der Waals surface area contributed by atoms with E-state index in [-0.39, 0.29) is 5.56 Å². The van der Waals surface area contributed by atoms with Crippen molar-refractivity contribution in [1.82, 2.24) is 24.5 Å². The van der Waals surface area contributed by atoms with Gasteiger partial charge < -0.3 is 0 Å². The Hall–Kier alpha value is -1.95. The minimum absolute atomic E-state index is 0.0698. The summed E-state index contributed by atoms with van der Waals surface area (Å²) in [5, 5.41) is 9.47. The molecule has 5 rings (SSSR count). The first-order chi connectivity index (χ1) is 13.2. The molecule has 0 spiro atoms. The maximum atomic E-state index is 12.5. The van der Waals surface area contributed by atoms with Crippen molar-refractivity contribution in [1.29, 1.82) is 0 Å². The summed E-state index contributed by atoms with van der Waals surface area (Å²) in [6, 6.07) is 2.22. The number of nitrogens with zero attached hydrogens (tertiary/aromatic N) is 5. The van der Waals surface area contributed by atoms with Crippen LogP contribution in [0.3, 0.4) is 0 Å². The summed E-state index contributed by atoms with van der Waals surface area (Å²) >= 11 is 0. The van der Waals surface area contributed by atoms with Gasteiger partial charge in [-0.15, -0.1) is 0 Å². The lowest BCUT2D eigenvalue weighted by Crippen LogP contribution is -2.37. The first-order valence-electron chi connectivity index (χ1n) is 10.6. The molecule has 6 heteroatoms. The third-order valence-electron chi connectivity index (χ3n) is 6.71. The maximum Gasteiger partial charge on any atom is 0.267 e. The van der Waals surface area contributed by atoms with Crippen LogP contribution in [0.1, 0.15) is 60.3 Å². The molecule has 0 radical (unpaired) electrons. The zero-order valence-corrected chi connectivity index (χ0v) is 16.3. The van der Waals surface area contributed by atoms with Crippen molar-refractivity contribution in [2.75, 3.05) is 6.54 Å². The number of likely N-dealkylation sites (tertiary alicyclic amines) is 1. The molecule has 0 N–H and O–H groups in total. The average Bonchev–Trinajstić information content (AvgIpc) is 3.36. The highest BCUT2D eigenvalue weighted by Crippen LogP contribution is 2.28. The molecule has 1 unspecified atom stereocenters. The summed E-state index contributed by atoms with van der Waals surface area (Å²) in [5.41, 5.74) is 6.56. The average molecular weight is 367 g/mol. The summed E-state index contributed by atoms with van der Waals surface area (Å²) in [6.45, 7) is 2.76. The Morgan fingerprint density at radius 3 is 2.81 bits per heavy atom. The third kappa shape index (κ3) is 3.14. The summed E-state index contributed by atoms with van der Waals surface area (Å²) in [7, 11) is 2.09. The number of rotatable bonds is 4. The molecule has 3 aliphatic rings. The summed E-state index contributed by atoms with van der Waals surface area (Å²) < 4.78 is 3.83. The van der Waals surface area contributed by atoms with Gasteiger partial charge in [-0.25, -0.2) is 4.68 Å². The molecule has 0 aromatic carbocycles. The van der Waals surface area contributed by atoms with Gasteiger partial charge >= 0.3 is 0 Å². The molecule has 27 heavy (non-hydrogen) atoms. The van der Waals surface area contributed by atoms with E-state index in [1.807, 2.05) is 6.07 Å². The number of aromatic nitrogens is 4. The predicted octanol–water partition coefficient (Wildman–Crippen LogP) is 2.01. The van der Waals surface area contributed by atoms with Crippen molar-refractivity contribution >= 4 is 0 Å². The molecule has 1 aliphatic heterocycles. The third-order valence-corrected chi connectivity index (χ3v) is 6.71. The topological polar surface area (TPSA) is 56.0 Å². The number of fused-ring (bicyclic) bond motifs is 2. The van der Waals surface area contributed by atoms with Crippen LogP contribution < -0.4 is 5.56 Å². The highest BCUT2D eigenvalue weighted by molar-refractivity contribution is 5.29. The second-order valence-corrected chi connectivity index (χ2v) is 8.46. The minimum Gasteiger partial charge on any atom is -0.293 e. The van der Waals surface area contributed by atoms with Crippen LogP contribution in [0.15, 0.2) is 10.9 Å². The van der Waals surface area contributed by atoms with Gasteiger partial charge in [-0.1, -0.05) is 0 Å². The number of hydrogen-bond donors (Lipinski definition) is 0. The molecular weight excluding hydrogens is 338 g/mol. The molecule has 6 nitrogen and oxygen atoms in total. The smallest absolute Gasteiger partial charge is 0.267 e. The van der Waals surface area contributed by atoms with E-state index in [4.69, 9.17) is 10.2 Å². The van der Waals surface area contributed by atoms with Crippen LogP contribution in [-0.2, 0) is 45.8 Å². The van der Waals surface area contributed by atoms with Crippen molar-refractivity contribution in [2.24, 2.45) is 7.05 Å². The fraction of sp³-hybridized carbons (Fsp3) is 0.667. The van der Waals surface area contributed by atoms with Gasteiger partial charge in [0.05, 0.1) is 23.6 Å². The van der Waals surface area contributed by atoms with Gasteiger partial charge in [-0.3, -0.25) is 14.4 Å². The highest BCUT2D eigenvalue weighted by Gasteiger charge is 2.29. The normalized spacial score (nSPS) is 22.2. The highest BCUT2D eigenvalue weighted by atomic mass is 16.1. The largest absolute Gasteiger partial charge is 0.293 e. The van der Waals surface area contributed by atoms with E-state index in [0.29, 0.717) is 12.6 Å². The molecule has 2 aromatic rings. The molecule has 2 aromatic heterocycles. The summed E-state index contributed by atoms with van der Waals surface area (Å²) in [5.74, 6) is 0. The van der Waals surface area contributed by atoms with Crippen molar-refractivity contribution < 1.29 is 0 Å². The number of hydrogen-bond acceptors (Lipinski definition) is 4. The minimum atomic E-state index is 0.0698. The van der Waals surface area contributed by atoms with Crippen molar-refractivity contribution in [3.63, 3.8) is 0 Å². The lowest BCUT2D eigenvalue weighted by Gasteiger charge is -2.25. The molecule has 3 heterocycles. The van der Waals surface area contributed by atoms with Crippen LogP contribution >= 0.6 is 0 Å². The molecule has 0 saturated carbocycles. The zero-order chi connectivity index (χ0) is 18.4. The van der Waals surface area contributed by atoms with Crippen molar-refractivity contribution in [3.05, 3.63) is 44.6 Å². The molecule has 1 atom stereocenters. The standard InChI is InChI=1S/C21H29N5O/c1-24-20(17-8-2-3-9-19(17)22-24)14-25-11-5-7-16(25)13-26-21(27)12-15-6-4-10-18(15)23-26/h12,16H,2-11,13-14H2,1H3. The fourth-order valence-corrected chi connectivity index (χ4v) is 5.22. The monoisotopic (exact) mass is 367 g/mol. The predicted molar refractivity (Wildman–Crippen MR) is 104 cm³/mol. The Morgan fingerprint density at radius 1 is 1.04 bits per heavy atom. The number of aryl methyl sites for hydroxylation is 4. The first-order valence-corrected chi connectivity index (χ1v) is 10.6. The lowest BCUT2D eigenvalue weighted by molar-refractivity contribution is 0.211. The van der Waals surface area contributed by atoms with Crippen molar-refractivity contribution in [2.45, 2.75) is 76.9 Å². The van der Waals surface area contributed by atoms with Crippen LogP contribution in [0.25, 0.3) is 0 Å². The first kappa shape index (κ1) is 17.2. The van der Waals surface area contributed by atoms with Crippen LogP contribution in [0.4, 0.5) is 0 Å². The molecule has 144 valence electrons. The zero-order valence-electron chi connectivity index (χ0n) is 16.3. The molecule has 0 amide bonds. The molecule has 1 saturated heterocycles. The summed E-state index contributed by atoms with van der Waals surface area (Å²) in [6.07, 6.45) is 10.4. The Balaban J connectivity index is 1.36. The van der Waals surface area contributed by atoms with E-state index in [1.165, 1.54) is 48.2 Å². The second kappa shape index (κ2) is 6.89. The van der Waals surface area contributed by atoms with Gasteiger partial charge in [0.15, 0.2) is 0 Å². The summed E-state index contributed by atoms with van der Waals surface area (Å²) in [4.78, 5) is 15.1. The van der Waals surface area contributed by atoms with Gasteiger partial charge in [0.2, 0.25) is 0 Å². The van der Waals surface area contributed by atoms with Gasteiger partial charge in [0.25, 0.3) is 5.56 Å². The SMILES string of the molecule is Cn1nc2c(c1CN1CCCC1Cn1nc3c(cc1=O)CCC3)CCCC2. The van der Waals surface area contributed by atoms with Crippen LogP contribution in [0.5, 0.6) is 0 Å². The quantitative estimate of drug-likeness (QED) is 0.830. The van der Waals surface area contributed by atoms with Gasteiger partial charge in [-0.05, 0) is 75.5 Å². The molecule has 1 fully saturated rings.